The monoisotopic (exact) mass is 340 g/mol. The molecule has 1 N–H and O–H groups in total. The normalized spacial score (nSPS) is 28.8. The van der Waals surface area contributed by atoms with E-state index in [4.69, 9.17) is 18.9 Å². The molecule has 2 aliphatic heterocycles. The fourth-order valence-electron chi connectivity index (χ4n) is 4.25. The summed E-state index contributed by atoms with van der Waals surface area (Å²) in [4.78, 5) is 0. The second-order valence-corrected chi connectivity index (χ2v) is 7.09. The molecule has 25 heavy (non-hydrogen) atoms. The van der Waals surface area contributed by atoms with Crippen LogP contribution in [0.2, 0.25) is 0 Å². The number of hydrogen-bond donors (Lipinski definition) is 1. The number of aliphatic hydroxyl groups is 1. The second-order valence-electron chi connectivity index (χ2n) is 7.09. The second kappa shape index (κ2) is 5.30. The quantitative estimate of drug-likeness (QED) is 0.860. The lowest BCUT2D eigenvalue weighted by molar-refractivity contribution is 0.0686. The lowest BCUT2D eigenvalue weighted by Gasteiger charge is -2.39. The highest BCUT2D eigenvalue weighted by Gasteiger charge is 2.40. The SMILES string of the molecule is C[C@@H]1[C@@H](c2ccc3c(c2)OCO3)c2cc3c(cc2[C@H](O)[C@H]1C)OCO3. The maximum Gasteiger partial charge on any atom is 0.231 e. The molecule has 0 unspecified atom stereocenters. The van der Waals surface area contributed by atoms with Crippen LogP contribution in [0.3, 0.4) is 0 Å². The lowest BCUT2D eigenvalue weighted by atomic mass is 9.66. The first kappa shape index (κ1) is 14.9. The van der Waals surface area contributed by atoms with Crippen LogP contribution in [0, 0.1) is 11.8 Å². The molecule has 2 aromatic rings. The number of benzene rings is 2. The molecule has 2 aromatic carbocycles. The standard InChI is InChI=1S/C20H20O5/c1-10-11(2)20(21)14-7-18-17(24-9-25-18)6-13(14)19(10)12-3-4-15-16(5-12)23-8-22-15/h3-7,10-11,19-21H,8-9H2,1-2H3/t10-,11-,19-,20+/m0/s1. The average molecular weight is 340 g/mol. The van der Waals surface area contributed by atoms with Crippen molar-refractivity contribution in [3.05, 3.63) is 47.0 Å². The summed E-state index contributed by atoms with van der Waals surface area (Å²) in [6, 6.07) is 10.1. The van der Waals surface area contributed by atoms with E-state index in [0.717, 1.165) is 33.9 Å². The summed E-state index contributed by atoms with van der Waals surface area (Å²) >= 11 is 0. The first-order valence-corrected chi connectivity index (χ1v) is 8.64. The van der Waals surface area contributed by atoms with Gasteiger partial charge in [-0.2, -0.15) is 0 Å². The maximum absolute atomic E-state index is 10.8. The molecule has 0 saturated heterocycles. The van der Waals surface area contributed by atoms with E-state index in [9.17, 15) is 5.11 Å². The average Bonchev–Trinajstić information content (AvgIpc) is 3.26. The van der Waals surface area contributed by atoms with Gasteiger partial charge < -0.3 is 24.1 Å². The highest BCUT2D eigenvalue weighted by molar-refractivity contribution is 5.55. The molecule has 5 rings (SSSR count). The summed E-state index contributed by atoms with van der Waals surface area (Å²) in [5.41, 5.74) is 3.19. The van der Waals surface area contributed by atoms with Gasteiger partial charge in [-0.05, 0) is 52.8 Å². The van der Waals surface area contributed by atoms with Crippen LogP contribution >= 0.6 is 0 Å². The summed E-state index contributed by atoms with van der Waals surface area (Å²) in [5.74, 6) is 3.57. The molecule has 0 amide bonds. The summed E-state index contributed by atoms with van der Waals surface area (Å²) in [5, 5.41) is 10.8. The Labute approximate surface area is 146 Å². The third-order valence-corrected chi connectivity index (χ3v) is 5.84. The van der Waals surface area contributed by atoms with Gasteiger partial charge in [0.15, 0.2) is 23.0 Å². The predicted molar refractivity (Wildman–Crippen MR) is 90.3 cm³/mol. The molecule has 0 bridgehead atoms. The van der Waals surface area contributed by atoms with Crippen LogP contribution in [0.15, 0.2) is 30.3 Å². The predicted octanol–water partition coefficient (Wildman–Crippen LogP) is 3.60. The summed E-state index contributed by atoms with van der Waals surface area (Å²) in [7, 11) is 0. The van der Waals surface area contributed by atoms with Gasteiger partial charge in [0.25, 0.3) is 0 Å². The summed E-state index contributed by atoms with van der Waals surface area (Å²) in [6.07, 6.45) is -0.509. The van der Waals surface area contributed by atoms with Crippen LogP contribution in [-0.2, 0) is 0 Å². The van der Waals surface area contributed by atoms with Gasteiger partial charge in [0.1, 0.15) is 0 Å². The highest BCUT2D eigenvalue weighted by atomic mass is 16.7. The van der Waals surface area contributed by atoms with Gasteiger partial charge in [-0.15, -0.1) is 0 Å². The number of hydrogen-bond acceptors (Lipinski definition) is 5. The Balaban J connectivity index is 1.67. The number of rotatable bonds is 1. The fourth-order valence-corrected chi connectivity index (χ4v) is 4.25. The third kappa shape index (κ3) is 2.12. The van der Waals surface area contributed by atoms with Crippen molar-refractivity contribution >= 4 is 0 Å². The van der Waals surface area contributed by atoms with Gasteiger partial charge in [-0.1, -0.05) is 19.9 Å². The van der Waals surface area contributed by atoms with E-state index in [2.05, 4.69) is 26.0 Å². The minimum atomic E-state index is -0.509. The van der Waals surface area contributed by atoms with Crippen LogP contribution in [-0.4, -0.2) is 18.7 Å². The van der Waals surface area contributed by atoms with Crippen molar-refractivity contribution in [2.24, 2.45) is 11.8 Å². The summed E-state index contributed by atoms with van der Waals surface area (Å²) < 4.78 is 22.1. The first-order chi connectivity index (χ1) is 12.1. The van der Waals surface area contributed by atoms with Crippen LogP contribution in [0.25, 0.3) is 0 Å². The van der Waals surface area contributed by atoms with Crippen molar-refractivity contribution in [3.8, 4) is 23.0 Å². The van der Waals surface area contributed by atoms with Crippen molar-refractivity contribution in [1.29, 1.82) is 0 Å². The topological polar surface area (TPSA) is 57.2 Å². The third-order valence-electron chi connectivity index (χ3n) is 5.84. The molecule has 130 valence electrons. The van der Waals surface area contributed by atoms with Crippen LogP contribution in [0.5, 0.6) is 23.0 Å². The van der Waals surface area contributed by atoms with Crippen LogP contribution < -0.4 is 18.9 Å². The molecule has 0 radical (unpaired) electrons. The molecule has 1 aliphatic carbocycles. The first-order valence-electron chi connectivity index (χ1n) is 8.64. The fraction of sp³-hybridized carbons (Fsp3) is 0.400. The van der Waals surface area contributed by atoms with Gasteiger partial charge in [0.2, 0.25) is 13.6 Å². The molecule has 0 fully saturated rings. The molecule has 5 heteroatoms. The zero-order valence-corrected chi connectivity index (χ0v) is 14.2. The number of fused-ring (bicyclic) bond motifs is 3. The number of aliphatic hydroxyl groups excluding tert-OH is 1. The van der Waals surface area contributed by atoms with E-state index in [1.807, 2.05) is 18.2 Å². The van der Waals surface area contributed by atoms with E-state index in [1.54, 1.807) is 0 Å². The highest BCUT2D eigenvalue weighted by Crippen LogP contribution is 2.52. The van der Waals surface area contributed by atoms with Crippen LogP contribution in [0.1, 0.15) is 42.6 Å². The zero-order chi connectivity index (χ0) is 17.1. The van der Waals surface area contributed by atoms with Crippen molar-refractivity contribution < 1.29 is 24.1 Å². The molecule has 2 heterocycles. The van der Waals surface area contributed by atoms with Crippen molar-refractivity contribution in [1.82, 2.24) is 0 Å². The van der Waals surface area contributed by atoms with E-state index < -0.39 is 6.10 Å². The number of ether oxygens (including phenoxy) is 4. The molecular weight excluding hydrogens is 320 g/mol. The van der Waals surface area contributed by atoms with Gasteiger partial charge in [0.05, 0.1) is 6.10 Å². The van der Waals surface area contributed by atoms with Gasteiger partial charge in [-0.25, -0.2) is 0 Å². The molecule has 0 aromatic heterocycles. The summed E-state index contributed by atoms with van der Waals surface area (Å²) in [6.45, 7) is 4.79. The molecule has 0 spiro atoms. The van der Waals surface area contributed by atoms with Gasteiger partial charge >= 0.3 is 0 Å². The van der Waals surface area contributed by atoms with Crippen molar-refractivity contribution in [2.75, 3.05) is 13.6 Å². The minimum absolute atomic E-state index is 0.128. The molecule has 0 saturated carbocycles. The van der Waals surface area contributed by atoms with E-state index in [1.165, 1.54) is 0 Å². The zero-order valence-electron chi connectivity index (χ0n) is 14.2. The van der Waals surface area contributed by atoms with E-state index in [0.29, 0.717) is 5.75 Å². The lowest BCUT2D eigenvalue weighted by Crippen LogP contribution is -2.30. The van der Waals surface area contributed by atoms with Crippen molar-refractivity contribution in [3.63, 3.8) is 0 Å². The van der Waals surface area contributed by atoms with Gasteiger partial charge in [0, 0.05) is 5.92 Å². The Morgan fingerprint density at radius 2 is 1.36 bits per heavy atom. The molecule has 3 aliphatic rings. The Hall–Kier alpha value is -2.40. The Morgan fingerprint density at radius 1 is 0.760 bits per heavy atom. The van der Waals surface area contributed by atoms with E-state index in [-0.39, 0.29) is 31.3 Å². The minimum Gasteiger partial charge on any atom is -0.454 e. The molecule has 4 atom stereocenters. The molecular formula is C20H20O5. The maximum atomic E-state index is 10.8. The smallest absolute Gasteiger partial charge is 0.231 e. The van der Waals surface area contributed by atoms with Crippen LogP contribution in [0.4, 0.5) is 0 Å². The Kier molecular flexibility index (Phi) is 3.16. The van der Waals surface area contributed by atoms with Gasteiger partial charge in [-0.3, -0.25) is 0 Å². The largest absolute Gasteiger partial charge is 0.454 e. The molecule has 5 nitrogen and oxygen atoms in total. The Bertz CT molecular complexity index is 846. The van der Waals surface area contributed by atoms with Crippen molar-refractivity contribution in [2.45, 2.75) is 25.9 Å². The Morgan fingerprint density at radius 3 is 2.08 bits per heavy atom. The van der Waals surface area contributed by atoms with E-state index >= 15 is 0 Å².